The molecular weight excluding hydrogens is 407 g/mol. The van der Waals surface area contributed by atoms with Crippen LogP contribution in [0.5, 0.6) is 0 Å². The van der Waals surface area contributed by atoms with Gasteiger partial charge in [-0.25, -0.2) is 18.7 Å². The molecule has 4 N–H and O–H groups in total. The number of nitrogen functional groups attached to an aromatic ring is 1. The highest BCUT2D eigenvalue weighted by Gasteiger charge is 2.15. The number of nitrogens with zero attached hydrogens (tertiary/aromatic N) is 3. The zero-order valence-corrected chi connectivity index (χ0v) is 16.7. The molecule has 4 aromatic rings. The molecule has 0 aliphatic rings. The number of benzene rings is 2. The zero-order chi connectivity index (χ0) is 21.3. The second-order valence-electron chi connectivity index (χ2n) is 6.61. The third-order valence-corrected chi connectivity index (χ3v) is 4.96. The van der Waals surface area contributed by atoms with Crippen LogP contribution in [0.15, 0.2) is 55.0 Å². The van der Waals surface area contributed by atoms with Crippen molar-refractivity contribution in [3.05, 3.63) is 71.4 Å². The van der Waals surface area contributed by atoms with Gasteiger partial charge in [-0.15, -0.1) is 0 Å². The summed E-state index contributed by atoms with van der Waals surface area (Å²) >= 11 is 5.73. The van der Waals surface area contributed by atoms with E-state index in [4.69, 9.17) is 17.3 Å². The maximum absolute atomic E-state index is 13.2. The first-order chi connectivity index (χ1) is 14.5. The predicted octanol–water partition coefficient (Wildman–Crippen LogP) is 4.98. The van der Waals surface area contributed by atoms with E-state index < -0.39 is 11.8 Å². The van der Waals surface area contributed by atoms with Crippen LogP contribution >= 0.6 is 11.6 Å². The van der Waals surface area contributed by atoms with E-state index in [1.165, 1.54) is 24.5 Å². The molecule has 30 heavy (non-hydrogen) atoms. The van der Waals surface area contributed by atoms with Crippen LogP contribution in [0.4, 0.5) is 26.4 Å². The number of anilines is 3. The number of rotatable bonds is 4. The van der Waals surface area contributed by atoms with Gasteiger partial charge in [0.05, 0.1) is 5.02 Å². The Morgan fingerprint density at radius 1 is 1.17 bits per heavy atom. The van der Waals surface area contributed by atoms with E-state index in [1.54, 1.807) is 16.6 Å². The van der Waals surface area contributed by atoms with Gasteiger partial charge >= 0.3 is 6.03 Å². The number of hydrogen-bond acceptors (Lipinski definition) is 4. The van der Waals surface area contributed by atoms with Crippen molar-refractivity contribution in [3.63, 3.8) is 0 Å². The van der Waals surface area contributed by atoms with Gasteiger partial charge in [0, 0.05) is 23.1 Å². The first-order valence-corrected chi connectivity index (χ1v) is 9.58. The Labute approximate surface area is 176 Å². The second kappa shape index (κ2) is 8.00. The lowest BCUT2D eigenvalue weighted by atomic mass is 10.0. The Balaban J connectivity index is 1.55. The van der Waals surface area contributed by atoms with Crippen molar-refractivity contribution < 1.29 is 9.18 Å². The normalized spacial score (nSPS) is 10.9. The lowest BCUT2D eigenvalue weighted by Crippen LogP contribution is -2.19. The molecule has 2 amide bonds. The van der Waals surface area contributed by atoms with Gasteiger partial charge in [-0.05, 0) is 47.9 Å². The second-order valence-corrected chi connectivity index (χ2v) is 7.01. The largest absolute Gasteiger partial charge is 0.382 e. The molecule has 2 heterocycles. The summed E-state index contributed by atoms with van der Waals surface area (Å²) in [5.74, 6) is -0.145. The molecule has 0 saturated carbocycles. The van der Waals surface area contributed by atoms with Crippen LogP contribution in [0.25, 0.3) is 16.6 Å². The average molecular weight is 425 g/mol. The van der Waals surface area contributed by atoms with E-state index in [2.05, 4.69) is 27.6 Å². The summed E-state index contributed by atoms with van der Waals surface area (Å²) in [7, 11) is 0. The number of carbonyl (C=O) groups excluding carboxylic acids is 1. The topological polar surface area (TPSA) is 97.3 Å². The molecule has 0 radical (unpaired) electrons. The number of urea groups is 1. The monoisotopic (exact) mass is 424 g/mol. The summed E-state index contributed by atoms with van der Waals surface area (Å²) in [5.41, 5.74) is 10.8. The molecule has 7 nitrogen and oxygen atoms in total. The number of halogens is 2. The standard InChI is InChI=1S/C21H18ClFN6O/c1-2-12-10-29-19(20(24)25-11-26-29)18(12)13-3-5-14(6-4-13)27-21(30)28-15-7-8-17(23)16(22)9-15/h3-11H,2H2,1H3,(H2,24,25,26)(H2,27,28,30). The molecule has 0 unspecified atom stereocenters. The Kier molecular flexibility index (Phi) is 5.24. The molecule has 0 bridgehead atoms. The van der Waals surface area contributed by atoms with E-state index in [0.29, 0.717) is 17.2 Å². The van der Waals surface area contributed by atoms with E-state index in [1.807, 2.05) is 18.3 Å². The van der Waals surface area contributed by atoms with Crippen LogP contribution in [0.2, 0.25) is 5.02 Å². The summed E-state index contributed by atoms with van der Waals surface area (Å²) in [5, 5.41) is 9.52. The van der Waals surface area contributed by atoms with Gasteiger partial charge in [-0.1, -0.05) is 30.7 Å². The minimum absolute atomic E-state index is 0.0630. The van der Waals surface area contributed by atoms with Gasteiger partial charge in [0.1, 0.15) is 17.7 Å². The Morgan fingerprint density at radius 2 is 1.87 bits per heavy atom. The summed E-state index contributed by atoms with van der Waals surface area (Å²) in [6.45, 7) is 2.06. The van der Waals surface area contributed by atoms with Crippen molar-refractivity contribution in [2.45, 2.75) is 13.3 Å². The Hall–Kier alpha value is -3.65. The quantitative estimate of drug-likeness (QED) is 0.430. The lowest BCUT2D eigenvalue weighted by Gasteiger charge is -2.10. The van der Waals surface area contributed by atoms with Crippen LogP contribution < -0.4 is 16.4 Å². The fraction of sp³-hybridized carbons (Fsp3) is 0.0952. The number of nitrogens with one attached hydrogen (secondary N) is 2. The molecule has 2 aromatic carbocycles. The number of hydrogen-bond donors (Lipinski definition) is 3. The molecule has 152 valence electrons. The van der Waals surface area contributed by atoms with Crippen molar-refractivity contribution >= 4 is 40.3 Å². The average Bonchev–Trinajstić information content (AvgIpc) is 3.11. The maximum Gasteiger partial charge on any atom is 0.323 e. The van der Waals surface area contributed by atoms with Crippen molar-refractivity contribution in [2.75, 3.05) is 16.4 Å². The molecule has 9 heteroatoms. The van der Waals surface area contributed by atoms with Crippen molar-refractivity contribution in [2.24, 2.45) is 0 Å². The van der Waals surface area contributed by atoms with Gasteiger partial charge in [0.15, 0.2) is 5.82 Å². The molecule has 0 spiro atoms. The number of aryl methyl sites for hydroxylation is 1. The predicted molar refractivity (Wildman–Crippen MR) is 116 cm³/mol. The van der Waals surface area contributed by atoms with Gasteiger partial charge in [-0.2, -0.15) is 5.10 Å². The molecule has 0 saturated heterocycles. The zero-order valence-electron chi connectivity index (χ0n) is 16.0. The van der Waals surface area contributed by atoms with Crippen LogP contribution in [-0.4, -0.2) is 20.6 Å². The molecule has 0 aliphatic carbocycles. The lowest BCUT2D eigenvalue weighted by molar-refractivity contribution is 0.262. The SMILES string of the molecule is CCc1cn2ncnc(N)c2c1-c1ccc(NC(=O)Nc2ccc(F)c(Cl)c2)cc1. The first kappa shape index (κ1) is 19.7. The van der Waals surface area contributed by atoms with E-state index in [9.17, 15) is 9.18 Å². The number of fused-ring (bicyclic) bond motifs is 1. The number of nitrogens with two attached hydrogens (primary N) is 1. The van der Waals surface area contributed by atoms with Crippen LogP contribution in [-0.2, 0) is 6.42 Å². The summed E-state index contributed by atoms with van der Waals surface area (Å²) < 4.78 is 15.0. The fourth-order valence-electron chi connectivity index (χ4n) is 3.26. The third-order valence-electron chi connectivity index (χ3n) is 4.67. The van der Waals surface area contributed by atoms with E-state index in [-0.39, 0.29) is 5.02 Å². The van der Waals surface area contributed by atoms with Gasteiger partial charge in [0.25, 0.3) is 0 Å². The van der Waals surface area contributed by atoms with Crippen LogP contribution in [0.3, 0.4) is 0 Å². The maximum atomic E-state index is 13.2. The van der Waals surface area contributed by atoms with E-state index in [0.717, 1.165) is 28.6 Å². The molecule has 0 aliphatic heterocycles. The highest BCUT2D eigenvalue weighted by atomic mass is 35.5. The highest BCUT2D eigenvalue weighted by molar-refractivity contribution is 6.31. The smallest absolute Gasteiger partial charge is 0.323 e. The Bertz CT molecular complexity index is 1240. The minimum atomic E-state index is -0.547. The summed E-state index contributed by atoms with van der Waals surface area (Å²) in [6, 6.07) is 10.9. The minimum Gasteiger partial charge on any atom is -0.382 e. The molecular formula is C21H18ClFN6O. The number of amides is 2. The van der Waals surface area contributed by atoms with E-state index >= 15 is 0 Å². The Morgan fingerprint density at radius 3 is 2.57 bits per heavy atom. The number of carbonyl (C=O) groups is 1. The third kappa shape index (κ3) is 3.77. The first-order valence-electron chi connectivity index (χ1n) is 9.20. The van der Waals surface area contributed by atoms with Gasteiger partial charge in [-0.3, -0.25) is 0 Å². The van der Waals surface area contributed by atoms with Crippen molar-refractivity contribution in [1.29, 1.82) is 0 Å². The van der Waals surface area contributed by atoms with Crippen molar-refractivity contribution in [1.82, 2.24) is 14.6 Å². The number of aromatic nitrogens is 3. The molecule has 4 rings (SSSR count). The van der Waals surface area contributed by atoms with Gasteiger partial charge in [0.2, 0.25) is 0 Å². The molecule has 0 fully saturated rings. The van der Waals surface area contributed by atoms with Crippen LogP contribution in [0, 0.1) is 5.82 Å². The highest BCUT2D eigenvalue weighted by Crippen LogP contribution is 2.33. The summed E-state index contributed by atoms with van der Waals surface area (Å²) in [6.07, 6.45) is 4.17. The van der Waals surface area contributed by atoms with Crippen molar-refractivity contribution in [3.8, 4) is 11.1 Å². The molecule has 0 atom stereocenters. The summed E-state index contributed by atoms with van der Waals surface area (Å²) in [4.78, 5) is 16.3. The molecule has 2 aromatic heterocycles. The van der Waals surface area contributed by atoms with Gasteiger partial charge < -0.3 is 16.4 Å². The fourth-order valence-corrected chi connectivity index (χ4v) is 3.44. The van der Waals surface area contributed by atoms with Crippen LogP contribution in [0.1, 0.15) is 12.5 Å².